The average Bonchev–Trinajstić information content (AvgIpc) is 3.13. The zero-order valence-corrected chi connectivity index (χ0v) is 30.0. The summed E-state index contributed by atoms with van der Waals surface area (Å²) in [5.41, 5.74) is 1.68. The quantitative estimate of drug-likeness (QED) is 0.0752. The predicted molar refractivity (Wildman–Crippen MR) is 198 cm³/mol. The maximum Gasteiger partial charge on any atom is 0.337 e. The number of carbonyl (C=O) groups excluding carboxylic acids is 4. The fourth-order valence-electron chi connectivity index (χ4n) is 5.67. The second kappa shape index (κ2) is 22.9. The molecule has 3 aromatic carbocycles. The van der Waals surface area contributed by atoms with Gasteiger partial charge in [0.2, 0.25) is 5.91 Å². The van der Waals surface area contributed by atoms with Crippen LogP contribution in [0.5, 0.6) is 11.5 Å². The van der Waals surface area contributed by atoms with Gasteiger partial charge in [-0.3, -0.25) is 9.59 Å². The summed E-state index contributed by atoms with van der Waals surface area (Å²) >= 11 is 0. The zero-order valence-electron chi connectivity index (χ0n) is 30.0. The number of amides is 2. The van der Waals surface area contributed by atoms with Gasteiger partial charge >= 0.3 is 11.9 Å². The van der Waals surface area contributed by atoms with Gasteiger partial charge in [0.15, 0.2) is 5.75 Å². The van der Waals surface area contributed by atoms with Gasteiger partial charge in [-0.15, -0.1) is 0 Å². The predicted octanol–water partition coefficient (Wildman–Crippen LogP) is 10.5. The molecule has 0 spiro atoms. The third-order valence-electron chi connectivity index (χ3n) is 8.57. The Morgan fingerprint density at radius 3 is 1.64 bits per heavy atom. The number of benzene rings is 3. The van der Waals surface area contributed by atoms with Gasteiger partial charge in [0, 0.05) is 17.7 Å². The highest BCUT2D eigenvalue weighted by molar-refractivity contribution is 6.06. The summed E-state index contributed by atoms with van der Waals surface area (Å²) in [6, 6.07) is 17.5. The number of anilines is 2. The smallest absolute Gasteiger partial charge is 0.337 e. The molecule has 0 atom stereocenters. The number of hydrogen-bond donors (Lipinski definition) is 2. The van der Waals surface area contributed by atoms with Crippen LogP contribution in [0.1, 0.15) is 141 Å². The van der Waals surface area contributed by atoms with E-state index in [1.165, 1.54) is 116 Å². The molecule has 0 fully saturated rings. The van der Waals surface area contributed by atoms with Crippen LogP contribution < -0.4 is 15.4 Å². The van der Waals surface area contributed by atoms with Crippen LogP contribution in [-0.4, -0.2) is 38.0 Å². The van der Waals surface area contributed by atoms with Crippen LogP contribution in [0.4, 0.5) is 11.4 Å². The van der Waals surface area contributed by atoms with E-state index >= 15 is 0 Å². The zero-order chi connectivity index (χ0) is 36.0. The fraction of sp³-hybridized carbons (Fsp3) is 0.463. The summed E-state index contributed by atoms with van der Waals surface area (Å²) < 4.78 is 15.6. The molecule has 3 rings (SSSR count). The monoisotopic (exact) mass is 686 g/mol. The van der Waals surface area contributed by atoms with E-state index in [1.807, 2.05) is 0 Å². The maximum absolute atomic E-state index is 13.2. The number of hydrogen-bond acceptors (Lipinski definition) is 7. The molecule has 0 aliphatic carbocycles. The van der Waals surface area contributed by atoms with Gasteiger partial charge in [-0.2, -0.15) is 0 Å². The largest absolute Gasteiger partial charge is 0.465 e. The number of esters is 2. The lowest BCUT2D eigenvalue weighted by molar-refractivity contribution is -0.116. The van der Waals surface area contributed by atoms with E-state index in [-0.39, 0.29) is 22.9 Å². The number of methoxy groups -OCH3 is 2. The van der Waals surface area contributed by atoms with E-state index in [2.05, 4.69) is 17.6 Å². The normalized spacial score (nSPS) is 10.7. The average molecular weight is 687 g/mol. The van der Waals surface area contributed by atoms with Crippen LogP contribution >= 0.6 is 0 Å². The maximum atomic E-state index is 13.2. The van der Waals surface area contributed by atoms with Gasteiger partial charge in [0.25, 0.3) is 5.91 Å². The lowest BCUT2D eigenvalue weighted by Gasteiger charge is -2.14. The highest BCUT2D eigenvalue weighted by Crippen LogP contribution is 2.32. The van der Waals surface area contributed by atoms with Crippen molar-refractivity contribution in [2.45, 2.75) is 110 Å². The summed E-state index contributed by atoms with van der Waals surface area (Å²) in [6.45, 7) is 2.26. The Balaban J connectivity index is 1.42. The number of carbonyl (C=O) groups is 4. The van der Waals surface area contributed by atoms with Crippen LogP contribution in [0.2, 0.25) is 0 Å². The highest BCUT2D eigenvalue weighted by atomic mass is 16.5. The third-order valence-corrected chi connectivity index (χ3v) is 8.57. The molecule has 9 heteroatoms. The first-order valence-electron chi connectivity index (χ1n) is 18.1. The molecule has 270 valence electrons. The standard InChI is InChI=1S/C41H54N2O7/c1-4-5-6-7-8-9-10-11-12-13-14-15-16-17-18-22-38(44)42-34-26-23-31(24-27-34)39(45)43-36-30-33(41(47)49-3)25-28-37(36)50-35-21-19-20-32(29-35)40(46)48-2/h19-21,23-30H,4-18,22H2,1-3H3,(H,42,44)(H,43,45). The van der Waals surface area contributed by atoms with Gasteiger partial charge in [0.1, 0.15) is 5.75 Å². The Morgan fingerprint density at radius 1 is 0.560 bits per heavy atom. The van der Waals surface area contributed by atoms with Gasteiger partial charge in [-0.25, -0.2) is 9.59 Å². The topological polar surface area (TPSA) is 120 Å². The van der Waals surface area contributed by atoms with Gasteiger partial charge < -0.3 is 24.8 Å². The fourth-order valence-corrected chi connectivity index (χ4v) is 5.67. The SMILES string of the molecule is CCCCCCCCCCCCCCCCCC(=O)Nc1ccc(C(=O)Nc2cc(C(=O)OC)ccc2Oc2cccc(C(=O)OC)c2)cc1. The Morgan fingerprint density at radius 2 is 1.08 bits per heavy atom. The molecule has 0 saturated carbocycles. The number of ether oxygens (including phenoxy) is 3. The number of nitrogens with one attached hydrogen (secondary N) is 2. The molecular weight excluding hydrogens is 632 g/mol. The first kappa shape index (κ1) is 39.8. The van der Waals surface area contributed by atoms with E-state index in [0.717, 1.165) is 19.3 Å². The van der Waals surface area contributed by atoms with E-state index in [9.17, 15) is 19.2 Å². The second-order valence-electron chi connectivity index (χ2n) is 12.6. The number of rotatable bonds is 23. The first-order valence-corrected chi connectivity index (χ1v) is 18.1. The van der Waals surface area contributed by atoms with Crippen molar-refractivity contribution >= 4 is 35.1 Å². The molecule has 3 aromatic rings. The molecule has 0 saturated heterocycles. The van der Waals surface area contributed by atoms with Crippen molar-refractivity contribution in [3.05, 3.63) is 83.4 Å². The Bertz CT molecular complexity index is 1500. The molecule has 0 unspecified atom stereocenters. The van der Waals surface area contributed by atoms with Gasteiger partial charge in [0.05, 0.1) is 31.0 Å². The minimum atomic E-state index is -0.579. The minimum absolute atomic E-state index is 0.0467. The summed E-state index contributed by atoms with van der Waals surface area (Å²) in [5.74, 6) is -1.02. The molecule has 0 aliphatic rings. The molecule has 0 radical (unpaired) electrons. The molecule has 9 nitrogen and oxygen atoms in total. The van der Waals surface area contributed by atoms with E-state index in [1.54, 1.807) is 42.5 Å². The van der Waals surface area contributed by atoms with E-state index in [4.69, 9.17) is 14.2 Å². The van der Waals surface area contributed by atoms with Gasteiger partial charge in [-0.1, -0.05) is 103 Å². The van der Waals surface area contributed by atoms with Crippen LogP contribution in [-0.2, 0) is 14.3 Å². The lowest BCUT2D eigenvalue weighted by atomic mass is 10.0. The van der Waals surface area contributed by atoms with Crippen molar-refractivity contribution in [1.82, 2.24) is 0 Å². The molecule has 50 heavy (non-hydrogen) atoms. The molecule has 2 N–H and O–H groups in total. The minimum Gasteiger partial charge on any atom is -0.465 e. The molecule has 0 bridgehead atoms. The van der Waals surface area contributed by atoms with Crippen LogP contribution in [0.3, 0.4) is 0 Å². The second-order valence-corrected chi connectivity index (χ2v) is 12.6. The van der Waals surface area contributed by atoms with Crippen LogP contribution in [0, 0.1) is 0 Å². The van der Waals surface area contributed by atoms with Gasteiger partial charge in [-0.05, 0) is 67.1 Å². The molecule has 0 heterocycles. The first-order chi connectivity index (χ1) is 24.3. The Labute approximate surface area is 297 Å². The molecule has 2 amide bonds. The van der Waals surface area contributed by atoms with Crippen molar-refractivity contribution in [2.24, 2.45) is 0 Å². The van der Waals surface area contributed by atoms with Crippen LogP contribution in [0.15, 0.2) is 66.7 Å². The molecule has 0 aromatic heterocycles. The van der Waals surface area contributed by atoms with Crippen molar-refractivity contribution < 1.29 is 33.4 Å². The van der Waals surface area contributed by atoms with Crippen molar-refractivity contribution in [3.8, 4) is 11.5 Å². The molecular formula is C41H54N2O7. The summed E-state index contributed by atoms with van der Waals surface area (Å²) in [4.78, 5) is 49.9. The summed E-state index contributed by atoms with van der Waals surface area (Å²) in [5, 5.41) is 5.71. The Kier molecular flexibility index (Phi) is 18.2. The van der Waals surface area contributed by atoms with Crippen molar-refractivity contribution in [1.29, 1.82) is 0 Å². The molecule has 0 aliphatic heterocycles. The number of unbranched alkanes of at least 4 members (excludes halogenated alkanes) is 14. The van der Waals surface area contributed by atoms with E-state index < -0.39 is 17.8 Å². The van der Waals surface area contributed by atoms with Crippen molar-refractivity contribution in [3.63, 3.8) is 0 Å². The van der Waals surface area contributed by atoms with E-state index in [0.29, 0.717) is 29.0 Å². The Hall–Kier alpha value is -4.66. The summed E-state index contributed by atoms with van der Waals surface area (Å²) in [7, 11) is 2.56. The highest BCUT2D eigenvalue weighted by Gasteiger charge is 2.16. The lowest BCUT2D eigenvalue weighted by Crippen LogP contribution is -2.14. The van der Waals surface area contributed by atoms with Crippen molar-refractivity contribution in [2.75, 3.05) is 24.9 Å². The third kappa shape index (κ3) is 14.4. The summed E-state index contributed by atoms with van der Waals surface area (Å²) in [6.07, 6.45) is 19.7. The van der Waals surface area contributed by atoms with Crippen LogP contribution in [0.25, 0.3) is 0 Å².